The predicted octanol–water partition coefficient (Wildman–Crippen LogP) is -1.42. The van der Waals surface area contributed by atoms with Crippen LogP contribution in [0.15, 0.2) is 0 Å². The summed E-state index contributed by atoms with van der Waals surface area (Å²) in [5.41, 5.74) is 0. The molecule has 7 nitrogen and oxygen atoms in total. The van der Waals surface area contributed by atoms with Gasteiger partial charge in [-0.25, -0.2) is 0 Å². The van der Waals surface area contributed by atoms with Gasteiger partial charge in [0.05, 0.1) is 12.7 Å². The van der Waals surface area contributed by atoms with Crippen molar-refractivity contribution in [3.63, 3.8) is 0 Å². The third-order valence-electron chi connectivity index (χ3n) is 4.07. The molecule has 2 aliphatic heterocycles. The number of rotatable bonds is 3. The highest BCUT2D eigenvalue weighted by atomic mass is 16.7. The molecular formula is C15H32N4O3. The van der Waals surface area contributed by atoms with Crippen LogP contribution in [0.5, 0.6) is 0 Å². The second-order valence-corrected chi connectivity index (χ2v) is 6.49. The SMILES string of the molecule is CC1(C)OCC(C(O)CN2CCNCCNCCNCC2)O1. The summed E-state index contributed by atoms with van der Waals surface area (Å²) in [7, 11) is 0. The lowest BCUT2D eigenvalue weighted by atomic mass is 10.2. The Hall–Kier alpha value is -0.280. The Balaban J connectivity index is 1.76. The lowest BCUT2D eigenvalue weighted by molar-refractivity contribution is -0.152. The highest BCUT2D eigenvalue weighted by Gasteiger charge is 2.37. The van der Waals surface area contributed by atoms with E-state index in [9.17, 15) is 5.11 Å². The molecule has 4 N–H and O–H groups in total. The van der Waals surface area contributed by atoms with E-state index < -0.39 is 11.9 Å². The number of aliphatic hydroxyl groups is 1. The van der Waals surface area contributed by atoms with Gasteiger partial charge in [-0.15, -0.1) is 0 Å². The Morgan fingerprint density at radius 3 is 2.09 bits per heavy atom. The Labute approximate surface area is 133 Å². The van der Waals surface area contributed by atoms with Crippen molar-refractivity contribution in [3.05, 3.63) is 0 Å². The van der Waals surface area contributed by atoms with Crippen LogP contribution in [0, 0.1) is 0 Å². The van der Waals surface area contributed by atoms with Crippen molar-refractivity contribution in [1.29, 1.82) is 0 Å². The summed E-state index contributed by atoms with van der Waals surface area (Å²) in [4.78, 5) is 2.29. The molecule has 2 heterocycles. The maximum Gasteiger partial charge on any atom is 0.163 e. The Morgan fingerprint density at radius 1 is 1.05 bits per heavy atom. The third-order valence-corrected chi connectivity index (χ3v) is 4.07. The molecule has 0 radical (unpaired) electrons. The molecule has 2 fully saturated rings. The van der Waals surface area contributed by atoms with Gasteiger partial charge in [-0.05, 0) is 13.8 Å². The van der Waals surface area contributed by atoms with Crippen molar-refractivity contribution in [2.24, 2.45) is 0 Å². The molecule has 7 heteroatoms. The number of hydrogen-bond acceptors (Lipinski definition) is 7. The van der Waals surface area contributed by atoms with Crippen LogP contribution in [0.4, 0.5) is 0 Å². The van der Waals surface area contributed by atoms with Crippen molar-refractivity contribution >= 4 is 0 Å². The molecule has 0 aliphatic carbocycles. The van der Waals surface area contributed by atoms with Gasteiger partial charge in [0.25, 0.3) is 0 Å². The van der Waals surface area contributed by atoms with Crippen LogP contribution in [-0.2, 0) is 9.47 Å². The summed E-state index contributed by atoms with van der Waals surface area (Å²) in [5.74, 6) is -0.580. The number of hydrogen-bond donors (Lipinski definition) is 4. The zero-order chi connectivity index (χ0) is 15.8. The van der Waals surface area contributed by atoms with Crippen LogP contribution in [-0.4, -0.2) is 93.5 Å². The number of ether oxygens (including phenoxy) is 2. The quantitative estimate of drug-likeness (QED) is 0.509. The first kappa shape index (κ1) is 18.1. The molecular weight excluding hydrogens is 284 g/mol. The molecule has 2 unspecified atom stereocenters. The molecule has 2 rings (SSSR count). The van der Waals surface area contributed by atoms with E-state index in [1.165, 1.54) is 0 Å². The summed E-state index contributed by atoms with van der Waals surface area (Å²) in [6.45, 7) is 12.5. The minimum Gasteiger partial charge on any atom is -0.389 e. The second-order valence-electron chi connectivity index (χ2n) is 6.49. The fraction of sp³-hybridized carbons (Fsp3) is 1.00. The van der Waals surface area contributed by atoms with Gasteiger partial charge in [-0.3, -0.25) is 4.90 Å². The number of β-amino-alcohol motifs (C(OH)–C–C–N with tert-alkyl or cyclic N) is 1. The third kappa shape index (κ3) is 6.45. The maximum atomic E-state index is 10.4. The molecule has 130 valence electrons. The summed E-state index contributed by atoms with van der Waals surface area (Å²) in [6, 6.07) is 0. The molecule has 2 aliphatic rings. The van der Waals surface area contributed by atoms with Gasteiger partial charge in [0.2, 0.25) is 0 Å². The van der Waals surface area contributed by atoms with E-state index in [0.717, 1.165) is 52.4 Å². The van der Waals surface area contributed by atoms with E-state index in [1.807, 2.05) is 13.8 Å². The van der Waals surface area contributed by atoms with Crippen LogP contribution in [0.25, 0.3) is 0 Å². The van der Waals surface area contributed by atoms with Gasteiger partial charge in [0.1, 0.15) is 6.10 Å². The van der Waals surface area contributed by atoms with Crippen molar-refractivity contribution in [3.8, 4) is 0 Å². The van der Waals surface area contributed by atoms with Gasteiger partial charge in [0, 0.05) is 58.9 Å². The van der Waals surface area contributed by atoms with Crippen molar-refractivity contribution < 1.29 is 14.6 Å². The highest BCUT2D eigenvalue weighted by Crippen LogP contribution is 2.24. The Kier molecular flexibility index (Phi) is 7.49. The normalized spacial score (nSPS) is 30.4. The van der Waals surface area contributed by atoms with E-state index in [-0.39, 0.29) is 6.10 Å². The van der Waals surface area contributed by atoms with Crippen LogP contribution in [0.2, 0.25) is 0 Å². The first-order chi connectivity index (χ1) is 10.6. The van der Waals surface area contributed by atoms with E-state index in [0.29, 0.717) is 13.2 Å². The number of aliphatic hydroxyl groups excluding tert-OH is 1. The molecule has 0 aromatic carbocycles. The minimum atomic E-state index is -0.580. The summed E-state index contributed by atoms with van der Waals surface area (Å²) in [6.07, 6.45) is -0.752. The number of nitrogens with one attached hydrogen (secondary N) is 3. The molecule has 0 bridgehead atoms. The lowest BCUT2D eigenvalue weighted by Crippen LogP contribution is -2.46. The van der Waals surface area contributed by atoms with Gasteiger partial charge >= 0.3 is 0 Å². The predicted molar refractivity (Wildman–Crippen MR) is 86.0 cm³/mol. The van der Waals surface area contributed by atoms with E-state index in [2.05, 4.69) is 20.9 Å². The second kappa shape index (κ2) is 9.12. The van der Waals surface area contributed by atoms with Gasteiger partial charge < -0.3 is 30.5 Å². The van der Waals surface area contributed by atoms with Gasteiger partial charge in [0.15, 0.2) is 5.79 Å². The van der Waals surface area contributed by atoms with Crippen LogP contribution >= 0.6 is 0 Å². The Morgan fingerprint density at radius 2 is 1.59 bits per heavy atom. The standard InChI is InChI=1S/C15H32N4O3/c1-15(2)21-12-14(22-15)13(20)11-19-9-7-17-5-3-16-4-6-18-8-10-19/h13-14,16-18,20H,3-12H2,1-2H3. The average Bonchev–Trinajstić information content (AvgIpc) is 2.82. The average molecular weight is 316 g/mol. The van der Waals surface area contributed by atoms with Gasteiger partial charge in [-0.2, -0.15) is 0 Å². The zero-order valence-electron chi connectivity index (χ0n) is 13.9. The van der Waals surface area contributed by atoms with Crippen molar-refractivity contribution in [1.82, 2.24) is 20.9 Å². The monoisotopic (exact) mass is 316 g/mol. The topological polar surface area (TPSA) is 78.0 Å². The van der Waals surface area contributed by atoms with Gasteiger partial charge in [-0.1, -0.05) is 0 Å². The summed E-state index contributed by atoms with van der Waals surface area (Å²) >= 11 is 0. The fourth-order valence-electron chi connectivity index (χ4n) is 2.78. The molecule has 2 saturated heterocycles. The first-order valence-corrected chi connectivity index (χ1v) is 8.41. The molecule has 2 atom stereocenters. The molecule has 0 saturated carbocycles. The zero-order valence-corrected chi connectivity index (χ0v) is 13.9. The molecule has 0 amide bonds. The molecule has 0 spiro atoms. The number of nitrogens with zero attached hydrogens (tertiary/aromatic N) is 1. The van der Waals surface area contributed by atoms with Crippen molar-refractivity contribution in [2.75, 3.05) is 65.5 Å². The van der Waals surface area contributed by atoms with Crippen LogP contribution in [0.1, 0.15) is 13.8 Å². The summed E-state index contributed by atoms with van der Waals surface area (Å²) in [5, 5.41) is 20.7. The summed E-state index contributed by atoms with van der Waals surface area (Å²) < 4.78 is 11.3. The Bertz CT molecular complexity index is 305. The minimum absolute atomic E-state index is 0.235. The molecule has 0 aromatic heterocycles. The maximum absolute atomic E-state index is 10.4. The first-order valence-electron chi connectivity index (χ1n) is 8.41. The highest BCUT2D eigenvalue weighted by molar-refractivity contribution is 4.80. The van der Waals surface area contributed by atoms with Crippen LogP contribution < -0.4 is 16.0 Å². The molecule has 22 heavy (non-hydrogen) atoms. The largest absolute Gasteiger partial charge is 0.389 e. The smallest absolute Gasteiger partial charge is 0.163 e. The molecule has 0 aromatic rings. The van der Waals surface area contributed by atoms with E-state index in [4.69, 9.17) is 9.47 Å². The van der Waals surface area contributed by atoms with E-state index >= 15 is 0 Å². The van der Waals surface area contributed by atoms with E-state index in [1.54, 1.807) is 0 Å². The van der Waals surface area contributed by atoms with Crippen LogP contribution in [0.3, 0.4) is 0 Å². The fourth-order valence-corrected chi connectivity index (χ4v) is 2.78. The van der Waals surface area contributed by atoms with Crippen molar-refractivity contribution in [2.45, 2.75) is 31.8 Å². The lowest BCUT2D eigenvalue weighted by Gasteiger charge is -2.28.